The molecule has 5 N–H and O–H groups in total. The smallest absolute Gasteiger partial charge is 0.379 e. The maximum Gasteiger partial charge on any atom is 0.417 e. The third kappa shape index (κ3) is 4.85. The molecule has 120 valence electrons. The fraction of sp³-hybridized carbons (Fsp3) is 0.182. The summed E-state index contributed by atoms with van der Waals surface area (Å²) in [4.78, 5) is 41.8. The normalized spacial score (nSPS) is 10.4. The maximum atomic E-state index is 12.7. The van der Waals surface area contributed by atoms with E-state index in [1.807, 2.05) is 0 Å². The number of rotatable bonds is 4. The molecule has 2 amide bonds. The SMILES string of the molecule is NC(=O)C(C(N)=O)C(=O)c1ccccc1C(F)(F)F.O=NO. The third-order valence-electron chi connectivity index (χ3n) is 2.33. The highest BCUT2D eigenvalue weighted by molar-refractivity contribution is 6.22. The number of Topliss-reactive ketones (excluding diaryl/α,β-unsaturated/α-hetero) is 1. The number of hydrogen-bond acceptors (Lipinski definition) is 5. The molecule has 0 saturated carbocycles. The Labute approximate surface area is 120 Å². The van der Waals surface area contributed by atoms with E-state index in [0.717, 1.165) is 12.1 Å². The number of nitrogens with zero attached hydrogens (tertiary/aromatic N) is 1. The minimum absolute atomic E-state index is 0.659. The first-order valence-electron chi connectivity index (χ1n) is 5.33. The monoisotopic (exact) mass is 321 g/mol. The van der Waals surface area contributed by atoms with Gasteiger partial charge in [0.25, 0.3) is 0 Å². The Morgan fingerprint density at radius 1 is 1.09 bits per heavy atom. The zero-order chi connectivity index (χ0) is 17.5. The van der Waals surface area contributed by atoms with Crippen molar-refractivity contribution in [2.45, 2.75) is 6.18 Å². The van der Waals surface area contributed by atoms with Crippen LogP contribution < -0.4 is 11.5 Å². The van der Waals surface area contributed by atoms with Gasteiger partial charge in [-0.25, -0.2) is 0 Å². The van der Waals surface area contributed by atoms with Crippen LogP contribution in [0.2, 0.25) is 0 Å². The predicted molar refractivity (Wildman–Crippen MR) is 65.2 cm³/mol. The summed E-state index contributed by atoms with van der Waals surface area (Å²) in [6.07, 6.45) is -4.80. The highest BCUT2D eigenvalue weighted by Gasteiger charge is 2.39. The van der Waals surface area contributed by atoms with Gasteiger partial charge in [-0.05, 0) is 6.07 Å². The molecule has 0 fully saturated rings. The van der Waals surface area contributed by atoms with Gasteiger partial charge in [-0.1, -0.05) is 18.2 Å². The van der Waals surface area contributed by atoms with E-state index in [0.29, 0.717) is 6.07 Å². The molecule has 1 rings (SSSR count). The molecule has 0 atom stereocenters. The summed E-state index contributed by atoms with van der Waals surface area (Å²) in [5.41, 5.74) is 7.51. The Hall–Kier alpha value is -2.98. The van der Waals surface area contributed by atoms with Gasteiger partial charge in [0.1, 0.15) is 0 Å². The van der Waals surface area contributed by atoms with E-state index in [-0.39, 0.29) is 0 Å². The Morgan fingerprint density at radius 3 is 1.86 bits per heavy atom. The zero-order valence-electron chi connectivity index (χ0n) is 10.7. The van der Waals surface area contributed by atoms with Crippen LogP contribution in [0.4, 0.5) is 13.2 Å². The molecule has 1 aromatic rings. The number of ketones is 1. The number of benzene rings is 1. The molecule has 22 heavy (non-hydrogen) atoms. The summed E-state index contributed by atoms with van der Waals surface area (Å²) in [6, 6.07) is 3.75. The van der Waals surface area contributed by atoms with Crippen LogP contribution in [0.15, 0.2) is 29.6 Å². The van der Waals surface area contributed by atoms with E-state index in [1.54, 1.807) is 0 Å². The summed E-state index contributed by atoms with van der Waals surface area (Å²) in [5.74, 6) is -6.28. The van der Waals surface area contributed by atoms with E-state index in [1.165, 1.54) is 11.4 Å². The quantitative estimate of drug-likeness (QED) is 0.321. The Morgan fingerprint density at radius 2 is 1.50 bits per heavy atom. The number of amides is 2. The lowest BCUT2D eigenvalue weighted by Crippen LogP contribution is -2.41. The van der Waals surface area contributed by atoms with E-state index in [4.69, 9.17) is 21.6 Å². The third-order valence-corrected chi connectivity index (χ3v) is 2.33. The Kier molecular flexibility index (Phi) is 6.67. The van der Waals surface area contributed by atoms with Gasteiger partial charge in [0, 0.05) is 5.56 Å². The van der Waals surface area contributed by atoms with Gasteiger partial charge in [0.2, 0.25) is 11.8 Å². The first-order valence-corrected chi connectivity index (χ1v) is 5.33. The van der Waals surface area contributed by atoms with Crippen molar-refractivity contribution in [2.75, 3.05) is 0 Å². The Balaban J connectivity index is 0.00000135. The van der Waals surface area contributed by atoms with Gasteiger partial charge in [0.15, 0.2) is 17.0 Å². The van der Waals surface area contributed by atoms with Gasteiger partial charge in [-0.2, -0.15) is 13.2 Å². The van der Waals surface area contributed by atoms with Crippen LogP contribution in [0, 0.1) is 10.8 Å². The van der Waals surface area contributed by atoms with Crippen LogP contribution >= 0.6 is 0 Å². The molecule has 1 aromatic carbocycles. The second-order valence-corrected chi connectivity index (χ2v) is 3.73. The van der Waals surface area contributed by atoms with E-state index in [2.05, 4.69) is 0 Å². The van der Waals surface area contributed by atoms with Crippen LogP contribution in [-0.2, 0) is 15.8 Å². The summed E-state index contributed by atoms with van der Waals surface area (Å²) in [6.45, 7) is 0. The number of alkyl halides is 3. The molecule has 0 spiro atoms. The first-order chi connectivity index (χ1) is 10.1. The van der Waals surface area contributed by atoms with Crippen molar-refractivity contribution in [1.82, 2.24) is 0 Å². The van der Waals surface area contributed by atoms with Gasteiger partial charge < -0.3 is 16.7 Å². The number of carbonyl (C=O) groups excluding carboxylic acids is 3. The van der Waals surface area contributed by atoms with Crippen LogP contribution in [0.1, 0.15) is 15.9 Å². The Bertz CT molecular complexity index is 575. The molecule has 0 aliphatic heterocycles. The van der Waals surface area contributed by atoms with Gasteiger partial charge in [-0.15, -0.1) is 4.91 Å². The fourth-order valence-corrected chi connectivity index (χ4v) is 1.50. The van der Waals surface area contributed by atoms with Crippen molar-refractivity contribution < 1.29 is 32.8 Å². The molecule has 0 bridgehead atoms. The number of hydrogen-bond donors (Lipinski definition) is 3. The van der Waals surface area contributed by atoms with Crippen molar-refractivity contribution in [1.29, 1.82) is 0 Å². The van der Waals surface area contributed by atoms with Crippen molar-refractivity contribution in [3.05, 3.63) is 40.3 Å². The highest BCUT2D eigenvalue weighted by Crippen LogP contribution is 2.32. The van der Waals surface area contributed by atoms with E-state index >= 15 is 0 Å². The van der Waals surface area contributed by atoms with Crippen LogP contribution in [-0.4, -0.2) is 22.8 Å². The molecule has 8 nitrogen and oxygen atoms in total. The molecule has 0 aliphatic rings. The largest absolute Gasteiger partial charge is 0.417 e. The number of carbonyl (C=O) groups is 3. The number of primary amides is 2. The lowest BCUT2D eigenvalue weighted by atomic mass is 9.93. The highest BCUT2D eigenvalue weighted by atomic mass is 19.4. The fourth-order valence-electron chi connectivity index (χ4n) is 1.50. The molecule has 0 unspecified atom stereocenters. The second-order valence-electron chi connectivity index (χ2n) is 3.73. The molecular formula is C11H10F3N3O5. The van der Waals surface area contributed by atoms with Crippen LogP contribution in [0.3, 0.4) is 0 Å². The second kappa shape index (κ2) is 7.71. The molecule has 11 heteroatoms. The minimum Gasteiger partial charge on any atom is -0.379 e. The van der Waals surface area contributed by atoms with E-state index < -0.39 is 40.8 Å². The van der Waals surface area contributed by atoms with Crippen LogP contribution in [0.5, 0.6) is 0 Å². The van der Waals surface area contributed by atoms with Crippen molar-refractivity contribution in [3.63, 3.8) is 0 Å². The van der Waals surface area contributed by atoms with Crippen molar-refractivity contribution >= 4 is 17.6 Å². The maximum absolute atomic E-state index is 12.7. The van der Waals surface area contributed by atoms with Crippen LogP contribution in [0.25, 0.3) is 0 Å². The standard InChI is InChI=1S/C11H9F3N2O3.HNO2/c12-11(13,14)6-4-2-1-3-5(6)8(17)7(9(15)18)10(16)19;2-1-3/h1-4,7H,(H2,15,18)(H2,16,19);(H,2,3). The molecular weight excluding hydrogens is 311 g/mol. The van der Waals surface area contributed by atoms with E-state index in [9.17, 15) is 27.6 Å². The summed E-state index contributed by atoms with van der Waals surface area (Å²) < 4.78 is 38.1. The molecule has 0 saturated heterocycles. The molecule has 0 aliphatic carbocycles. The minimum atomic E-state index is -4.80. The van der Waals surface area contributed by atoms with Crippen molar-refractivity contribution in [3.8, 4) is 0 Å². The average molecular weight is 321 g/mol. The van der Waals surface area contributed by atoms with Gasteiger partial charge in [-0.3, -0.25) is 14.4 Å². The molecule has 0 aromatic heterocycles. The van der Waals surface area contributed by atoms with Crippen molar-refractivity contribution in [2.24, 2.45) is 22.7 Å². The lowest BCUT2D eigenvalue weighted by molar-refractivity contribution is -0.138. The first kappa shape index (κ1) is 19.0. The van der Waals surface area contributed by atoms with Gasteiger partial charge in [0.05, 0.1) is 5.56 Å². The topological polar surface area (TPSA) is 153 Å². The number of halogens is 3. The summed E-state index contributed by atoms with van der Waals surface area (Å²) in [5, 5.41) is 7.89. The summed E-state index contributed by atoms with van der Waals surface area (Å²) in [7, 11) is 0. The molecule has 0 heterocycles. The summed E-state index contributed by atoms with van der Waals surface area (Å²) >= 11 is 0. The zero-order valence-corrected chi connectivity index (χ0v) is 10.7. The number of nitrogens with two attached hydrogens (primary N) is 2. The lowest BCUT2D eigenvalue weighted by Gasteiger charge is -2.14. The molecule has 0 radical (unpaired) electrons. The average Bonchev–Trinajstić information content (AvgIpc) is 2.37. The van der Waals surface area contributed by atoms with Gasteiger partial charge >= 0.3 is 6.18 Å². The predicted octanol–water partition coefficient (Wildman–Crippen LogP) is 0.617.